The summed E-state index contributed by atoms with van der Waals surface area (Å²) in [5.74, 6) is -0.911. The molecule has 128 valence electrons. The monoisotopic (exact) mass is 342 g/mol. The highest BCUT2D eigenvalue weighted by molar-refractivity contribution is 5.77. The zero-order valence-electron chi connectivity index (χ0n) is 11.6. The lowest BCUT2D eigenvalue weighted by molar-refractivity contribution is -0.154. The van der Waals surface area contributed by atoms with Gasteiger partial charge in [-0.2, -0.15) is 26.3 Å². The van der Waals surface area contributed by atoms with Gasteiger partial charge in [0.1, 0.15) is 11.8 Å². The minimum Gasteiger partial charge on any atom is -0.471 e. The predicted octanol–water partition coefficient (Wildman–Crippen LogP) is 3.03. The van der Waals surface area contributed by atoms with Crippen molar-refractivity contribution in [1.29, 1.82) is 0 Å². The molecule has 0 aromatic carbocycles. The van der Waals surface area contributed by atoms with E-state index in [-0.39, 0.29) is 19.0 Å². The number of ether oxygens (including phenoxy) is 1. The van der Waals surface area contributed by atoms with Crippen LogP contribution in [0.15, 0.2) is 18.2 Å². The maximum absolute atomic E-state index is 12.5. The number of aromatic nitrogens is 1. The molecule has 0 N–H and O–H groups in total. The molecule has 2 heterocycles. The zero-order chi connectivity index (χ0) is 17.3. The van der Waals surface area contributed by atoms with Crippen LogP contribution in [0.25, 0.3) is 0 Å². The first-order valence-corrected chi connectivity index (χ1v) is 6.60. The van der Waals surface area contributed by atoms with Gasteiger partial charge in [0.2, 0.25) is 11.8 Å². The molecule has 0 bridgehead atoms. The highest BCUT2D eigenvalue weighted by Crippen LogP contribution is 2.29. The van der Waals surface area contributed by atoms with Crippen LogP contribution in [0.4, 0.5) is 26.3 Å². The molecule has 0 atom stereocenters. The Labute approximate surface area is 127 Å². The molecule has 23 heavy (non-hydrogen) atoms. The number of nitrogens with zero attached hydrogens (tertiary/aromatic N) is 2. The van der Waals surface area contributed by atoms with Crippen LogP contribution in [-0.4, -0.2) is 41.2 Å². The molecule has 0 spiro atoms. The summed E-state index contributed by atoms with van der Waals surface area (Å²) in [4.78, 5) is 15.9. The average molecular weight is 342 g/mol. The number of likely N-dealkylation sites (tertiary alicyclic amines) is 1. The molecule has 1 amide bonds. The molecule has 0 unspecified atom stereocenters. The van der Waals surface area contributed by atoms with E-state index in [1.165, 1.54) is 6.07 Å². The molecule has 1 saturated heterocycles. The molecule has 1 aromatic rings. The molecular formula is C13H12F6N2O2. The van der Waals surface area contributed by atoms with Crippen LogP contribution in [0.5, 0.6) is 5.88 Å². The number of carbonyl (C=O) groups excluding carboxylic acids is 1. The summed E-state index contributed by atoms with van der Waals surface area (Å²) in [6, 6.07) is 3.17. The Morgan fingerprint density at radius 3 is 2.43 bits per heavy atom. The summed E-state index contributed by atoms with van der Waals surface area (Å²) in [6.07, 6.45) is -11.4. The molecule has 1 fully saturated rings. The fraction of sp³-hybridized carbons (Fsp3) is 0.538. The second-order valence-electron chi connectivity index (χ2n) is 5.01. The molecule has 0 radical (unpaired) electrons. The molecule has 4 nitrogen and oxygen atoms in total. The van der Waals surface area contributed by atoms with Crippen LogP contribution in [0.1, 0.15) is 18.5 Å². The van der Waals surface area contributed by atoms with Gasteiger partial charge < -0.3 is 9.64 Å². The minimum absolute atomic E-state index is 0.0224. The van der Waals surface area contributed by atoms with E-state index in [0.29, 0.717) is 0 Å². The van der Waals surface area contributed by atoms with Gasteiger partial charge in [0, 0.05) is 12.5 Å². The largest absolute Gasteiger partial charge is 0.471 e. The lowest BCUT2D eigenvalue weighted by Crippen LogP contribution is -2.56. The van der Waals surface area contributed by atoms with E-state index < -0.39 is 42.9 Å². The Balaban J connectivity index is 1.81. The van der Waals surface area contributed by atoms with Crippen LogP contribution in [0.2, 0.25) is 0 Å². The number of hydrogen-bond acceptors (Lipinski definition) is 3. The van der Waals surface area contributed by atoms with Crippen LogP contribution >= 0.6 is 0 Å². The number of alkyl halides is 6. The molecular weight excluding hydrogens is 330 g/mol. The number of carbonyl (C=O) groups is 1. The van der Waals surface area contributed by atoms with Crippen molar-refractivity contribution in [2.24, 2.45) is 0 Å². The maximum atomic E-state index is 12.5. The van der Waals surface area contributed by atoms with Gasteiger partial charge in [-0.25, -0.2) is 4.98 Å². The van der Waals surface area contributed by atoms with E-state index in [2.05, 4.69) is 4.98 Å². The average Bonchev–Trinajstić information content (AvgIpc) is 2.38. The Hall–Kier alpha value is -2.00. The van der Waals surface area contributed by atoms with E-state index in [9.17, 15) is 31.1 Å². The SMILES string of the molecule is O=C(CCC(F)(F)F)N1CC(Oc2cccc(C(F)(F)F)n2)C1. The topological polar surface area (TPSA) is 42.4 Å². The van der Waals surface area contributed by atoms with Gasteiger partial charge in [0.15, 0.2) is 0 Å². The Bertz CT molecular complexity index is 566. The van der Waals surface area contributed by atoms with E-state index in [1.54, 1.807) is 0 Å². The van der Waals surface area contributed by atoms with Gasteiger partial charge in [-0.15, -0.1) is 0 Å². The van der Waals surface area contributed by atoms with Gasteiger partial charge >= 0.3 is 12.4 Å². The number of rotatable bonds is 4. The third kappa shape index (κ3) is 5.00. The van der Waals surface area contributed by atoms with Crippen molar-refractivity contribution < 1.29 is 35.9 Å². The maximum Gasteiger partial charge on any atom is 0.433 e. The Morgan fingerprint density at radius 1 is 1.22 bits per heavy atom. The van der Waals surface area contributed by atoms with E-state index in [4.69, 9.17) is 4.74 Å². The van der Waals surface area contributed by atoms with Crippen LogP contribution in [0, 0.1) is 0 Å². The summed E-state index contributed by atoms with van der Waals surface area (Å²) in [7, 11) is 0. The lowest BCUT2D eigenvalue weighted by atomic mass is 10.1. The van der Waals surface area contributed by atoms with Crippen LogP contribution < -0.4 is 4.74 Å². The van der Waals surface area contributed by atoms with Crippen molar-refractivity contribution in [2.45, 2.75) is 31.3 Å². The van der Waals surface area contributed by atoms with Gasteiger partial charge in [-0.1, -0.05) is 6.07 Å². The molecule has 1 aliphatic heterocycles. The number of pyridine rings is 1. The zero-order valence-corrected chi connectivity index (χ0v) is 11.6. The first kappa shape index (κ1) is 17.4. The Kier molecular flexibility index (Phi) is 4.71. The van der Waals surface area contributed by atoms with Gasteiger partial charge in [-0.05, 0) is 6.07 Å². The summed E-state index contributed by atoms with van der Waals surface area (Å²) < 4.78 is 78.7. The van der Waals surface area contributed by atoms with Crippen molar-refractivity contribution >= 4 is 5.91 Å². The summed E-state index contributed by atoms with van der Waals surface area (Å²) in [5.41, 5.74) is -1.10. The summed E-state index contributed by atoms with van der Waals surface area (Å²) in [6.45, 7) is 0.0449. The molecule has 1 aliphatic rings. The molecule has 10 heteroatoms. The van der Waals surface area contributed by atoms with Crippen molar-refractivity contribution in [3.8, 4) is 5.88 Å². The van der Waals surface area contributed by atoms with Gasteiger partial charge in [0.25, 0.3) is 0 Å². The predicted molar refractivity (Wildman–Crippen MR) is 65.5 cm³/mol. The number of amides is 1. The molecule has 2 rings (SSSR count). The van der Waals surface area contributed by atoms with Crippen LogP contribution in [-0.2, 0) is 11.0 Å². The fourth-order valence-corrected chi connectivity index (χ4v) is 1.93. The highest BCUT2D eigenvalue weighted by atomic mass is 19.4. The van der Waals surface area contributed by atoms with Crippen molar-refractivity contribution in [2.75, 3.05) is 13.1 Å². The van der Waals surface area contributed by atoms with E-state index in [1.807, 2.05) is 0 Å². The third-order valence-corrected chi connectivity index (χ3v) is 3.12. The van der Waals surface area contributed by atoms with Gasteiger partial charge in [0.05, 0.1) is 19.5 Å². The lowest BCUT2D eigenvalue weighted by Gasteiger charge is -2.38. The second kappa shape index (κ2) is 6.25. The first-order chi connectivity index (χ1) is 10.5. The Morgan fingerprint density at radius 2 is 1.87 bits per heavy atom. The first-order valence-electron chi connectivity index (χ1n) is 6.60. The van der Waals surface area contributed by atoms with Crippen LogP contribution in [0.3, 0.4) is 0 Å². The number of halogens is 6. The van der Waals surface area contributed by atoms with Crippen molar-refractivity contribution in [3.05, 3.63) is 23.9 Å². The van der Waals surface area contributed by atoms with Crippen molar-refractivity contribution in [1.82, 2.24) is 9.88 Å². The second-order valence-corrected chi connectivity index (χ2v) is 5.01. The molecule has 0 saturated carbocycles. The van der Waals surface area contributed by atoms with Gasteiger partial charge in [-0.3, -0.25) is 4.79 Å². The molecule has 1 aromatic heterocycles. The third-order valence-electron chi connectivity index (χ3n) is 3.12. The molecule has 0 aliphatic carbocycles. The fourth-order valence-electron chi connectivity index (χ4n) is 1.93. The normalized spacial score (nSPS) is 16.2. The standard InChI is InChI=1S/C13H12F6N2O2/c14-12(15,16)5-4-11(22)21-6-8(7-21)23-10-3-1-2-9(20-10)13(17,18)19/h1-3,8H,4-7H2. The van der Waals surface area contributed by atoms with E-state index >= 15 is 0 Å². The minimum atomic E-state index is -4.60. The smallest absolute Gasteiger partial charge is 0.433 e. The summed E-state index contributed by atoms with van der Waals surface area (Å²) in [5, 5.41) is 0. The quantitative estimate of drug-likeness (QED) is 0.790. The van der Waals surface area contributed by atoms with E-state index in [0.717, 1.165) is 17.0 Å². The van der Waals surface area contributed by atoms with Crippen molar-refractivity contribution in [3.63, 3.8) is 0 Å². The number of hydrogen-bond donors (Lipinski definition) is 0. The highest BCUT2D eigenvalue weighted by Gasteiger charge is 2.36. The summed E-state index contributed by atoms with van der Waals surface area (Å²) >= 11 is 0.